The van der Waals surface area contributed by atoms with Crippen LogP contribution in [0.1, 0.15) is 31.2 Å². The fraction of sp³-hybridized carbons (Fsp3) is 0.500. The van der Waals surface area contributed by atoms with E-state index in [-0.39, 0.29) is 5.91 Å². The van der Waals surface area contributed by atoms with Crippen LogP contribution in [0.4, 0.5) is 0 Å². The van der Waals surface area contributed by atoms with Gasteiger partial charge in [-0.15, -0.1) is 0 Å². The Labute approximate surface area is 103 Å². The molecule has 1 saturated heterocycles. The fourth-order valence-corrected chi connectivity index (χ4v) is 2.61. The zero-order chi connectivity index (χ0) is 12.3. The van der Waals surface area contributed by atoms with Gasteiger partial charge in [-0.05, 0) is 18.9 Å². The van der Waals surface area contributed by atoms with Crippen LogP contribution in [-0.2, 0) is 4.79 Å². The summed E-state index contributed by atoms with van der Waals surface area (Å²) in [6.45, 7) is 3.40. The van der Waals surface area contributed by atoms with Gasteiger partial charge in [0.2, 0.25) is 5.91 Å². The molecule has 0 aromatic heterocycles. The van der Waals surface area contributed by atoms with Gasteiger partial charge in [-0.3, -0.25) is 4.79 Å². The quantitative estimate of drug-likeness (QED) is 0.863. The average molecular weight is 232 g/mol. The topological polar surface area (TPSA) is 46.3 Å². The summed E-state index contributed by atoms with van der Waals surface area (Å²) in [6.07, 6.45) is 1.52. The van der Waals surface area contributed by atoms with E-state index in [2.05, 4.69) is 31.2 Å². The van der Waals surface area contributed by atoms with Crippen molar-refractivity contribution in [1.82, 2.24) is 4.90 Å². The van der Waals surface area contributed by atoms with Crippen molar-refractivity contribution >= 4 is 5.91 Å². The summed E-state index contributed by atoms with van der Waals surface area (Å²) in [7, 11) is 0. The molecule has 0 aliphatic carbocycles. The normalized spacial score (nSPS) is 24.0. The molecular formula is C14H20N2O. The third-order valence-electron chi connectivity index (χ3n) is 3.52. The highest BCUT2D eigenvalue weighted by molar-refractivity contribution is 5.77. The maximum Gasteiger partial charge on any atom is 0.224 e. The molecule has 92 valence electrons. The minimum absolute atomic E-state index is 0.193. The first kappa shape index (κ1) is 12.1. The van der Waals surface area contributed by atoms with Crippen LogP contribution in [0.2, 0.25) is 0 Å². The van der Waals surface area contributed by atoms with E-state index >= 15 is 0 Å². The molecule has 0 bridgehead atoms. The summed E-state index contributed by atoms with van der Waals surface area (Å²) in [6, 6.07) is 10.8. The van der Waals surface area contributed by atoms with Gasteiger partial charge in [0.1, 0.15) is 0 Å². The van der Waals surface area contributed by atoms with Crippen LogP contribution in [-0.4, -0.2) is 29.9 Å². The van der Waals surface area contributed by atoms with E-state index in [1.54, 1.807) is 0 Å². The van der Waals surface area contributed by atoms with Crippen molar-refractivity contribution in [1.29, 1.82) is 0 Å². The molecule has 2 unspecified atom stereocenters. The van der Waals surface area contributed by atoms with Crippen LogP contribution in [0.25, 0.3) is 0 Å². The smallest absolute Gasteiger partial charge is 0.224 e. The highest BCUT2D eigenvalue weighted by atomic mass is 16.2. The molecule has 1 aliphatic rings. The summed E-state index contributed by atoms with van der Waals surface area (Å²) in [5.41, 5.74) is 6.78. The number of benzene rings is 1. The molecule has 1 fully saturated rings. The van der Waals surface area contributed by atoms with Crippen molar-refractivity contribution in [2.24, 2.45) is 5.73 Å². The minimum atomic E-state index is 0.193. The van der Waals surface area contributed by atoms with Crippen molar-refractivity contribution in [3.05, 3.63) is 35.9 Å². The Morgan fingerprint density at radius 1 is 1.41 bits per heavy atom. The number of hydrogen-bond donors (Lipinski definition) is 1. The Kier molecular flexibility index (Phi) is 3.79. The monoisotopic (exact) mass is 232 g/mol. The lowest BCUT2D eigenvalue weighted by Gasteiger charge is -2.21. The maximum absolute atomic E-state index is 11.9. The Morgan fingerprint density at radius 3 is 2.76 bits per heavy atom. The summed E-state index contributed by atoms with van der Waals surface area (Å²) in [5, 5.41) is 0. The second-order valence-corrected chi connectivity index (χ2v) is 4.78. The molecule has 1 heterocycles. The van der Waals surface area contributed by atoms with Gasteiger partial charge in [-0.2, -0.15) is 0 Å². The van der Waals surface area contributed by atoms with E-state index < -0.39 is 0 Å². The standard InChI is InChI=1S/C14H20N2O/c1-11-9-13(12-5-3-2-4-6-12)10-16(11)14(17)7-8-15/h2-6,11,13H,7-10,15H2,1H3. The molecule has 3 nitrogen and oxygen atoms in total. The Morgan fingerprint density at radius 2 is 2.12 bits per heavy atom. The third kappa shape index (κ3) is 2.67. The van der Waals surface area contributed by atoms with Crippen molar-refractivity contribution in [2.45, 2.75) is 31.7 Å². The largest absolute Gasteiger partial charge is 0.339 e. The molecule has 0 spiro atoms. The van der Waals surface area contributed by atoms with Gasteiger partial charge in [0, 0.05) is 31.5 Å². The minimum Gasteiger partial charge on any atom is -0.339 e. The zero-order valence-corrected chi connectivity index (χ0v) is 10.3. The van der Waals surface area contributed by atoms with E-state index in [0.29, 0.717) is 24.9 Å². The molecule has 2 N–H and O–H groups in total. The number of nitrogens with two attached hydrogens (primary N) is 1. The summed E-state index contributed by atoms with van der Waals surface area (Å²) in [5.74, 6) is 0.673. The van der Waals surface area contributed by atoms with Gasteiger partial charge in [-0.25, -0.2) is 0 Å². The lowest BCUT2D eigenvalue weighted by Crippen LogP contribution is -2.35. The molecule has 1 aliphatic heterocycles. The highest BCUT2D eigenvalue weighted by Gasteiger charge is 2.32. The van der Waals surface area contributed by atoms with Crippen molar-refractivity contribution in [2.75, 3.05) is 13.1 Å². The van der Waals surface area contributed by atoms with E-state index in [1.807, 2.05) is 11.0 Å². The number of hydrogen-bond acceptors (Lipinski definition) is 2. The Balaban J connectivity index is 2.04. The lowest BCUT2D eigenvalue weighted by atomic mass is 9.97. The van der Waals surface area contributed by atoms with Crippen LogP contribution >= 0.6 is 0 Å². The molecule has 1 aromatic carbocycles. The van der Waals surface area contributed by atoms with Crippen molar-refractivity contribution < 1.29 is 4.79 Å². The molecule has 0 radical (unpaired) electrons. The first-order valence-corrected chi connectivity index (χ1v) is 6.27. The third-order valence-corrected chi connectivity index (χ3v) is 3.52. The molecular weight excluding hydrogens is 212 g/mol. The van der Waals surface area contributed by atoms with Gasteiger partial charge < -0.3 is 10.6 Å². The van der Waals surface area contributed by atoms with Crippen LogP contribution in [0, 0.1) is 0 Å². The van der Waals surface area contributed by atoms with Crippen LogP contribution < -0.4 is 5.73 Å². The van der Waals surface area contributed by atoms with E-state index in [9.17, 15) is 4.79 Å². The second kappa shape index (κ2) is 5.32. The zero-order valence-electron chi connectivity index (χ0n) is 10.3. The average Bonchev–Trinajstić information content (AvgIpc) is 2.73. The molecule has 0 saturated carbocycles. The summed E-state index contributed by atoms with van der Waals surface area (Å²) >= 11 is 0. The lowest BCUT2D eigenvalue weighted by molar-refractivity contribution is -0.131. The predicted octanol–water partition coefficient (Wildman–Crippen LogP) is 1.74. The van der Waals surface area contributed by atoms with Gasteiger partial charge in [0.05, 0.1) is 0 Å². The molecule has 2 rings (SSSR count). The predicted molar refractivity (Wildman–Crippen MR) is 68.6 cm³/mol. The first-order chi connectivity index (χ1) is 8.22. The molecule has 1 amide bonds. The van der Waals surface area contributed by atoms with Gasteiger partial charge in [-0.1, -0.05) is 30.3 Å². The molecule has 3 heteroatoms. The maximum atomic E-state index is 11.9. The number of amides is 1. The molecule has 1 aromatic rings. The van der Waals surface area contributed by atoms with E-state index in [1.165, 1.54) is 5.56 Å². The number of nitrogens with zero attached hydrogens (tertiary/aromatic N) is 1. The van der Waals surface area contributed by atoms with E-state index in [0.717, 1.165) is 13.0 Å². The van der Waals surface area contributed by atoms with Crippen LogP contribution in [0.5, 0.6) is 0 Å². The number of carbonyl (C=O) groups is 1. The fourth-order valence-electron chi connectivity index (χ4n) is 2.61. The number of rotatable bonds is 3. The molecule has 17 heavy (non-hydrogen) atoms. The van der Waals surface area contributed by atoms with Crippen molar-refractivity contribution in [3.8, 4) is 0 Å². The van der Waals surface area contributed by atoms with E-state index in [4.69, 9.17) is 5.73 Å². The Bertz CT molecular complexity index is 377. The van der Waals surface area contributed by atoms with Crippen LogP contribution in [0.3, 0.4) is 0 Å². The van der Waals surface area contributed by atoms with Gasteiger partial charge in [0.25, 0.3) is 0 Å². The Hall–Kier alpha value is -1.35. The SMILES string of the molecule is CC1CC(c2ccccc2)CN1C(=O)CCN. The summed E-state index contributed by atoms with van der Waals surface area (Å²) < 4.78 is 0. The van der Waals surface area contributed by atoms with Crippen molar-refractivity contribution in [3.63, 3.8) is 0 Å². The summed E-state index contributed by atoms with van der Waals surface area (Å²) in [4.78, 5) is 13.9. The number of likely N-dealkylation sites (tertiary alicyclic amines) is 1. The van der Waals surface area contributed by atoms with Gasteiger partial charge in [0.15, 0.2) is 0 Å². The van der Waals surface area contributed by atoms with Crippen LogP contribution in [0.15, 0.2) is 30.3 Å². The number of carbonyl (C=O) groups excluding carboxylic acids is 1. The first-order valence-electron chi connectivity index (χ1n) is 6.27. The molecule has 2 atom stereocenters. The van der Waals surface area contributed by atoms with Gasteiger partial charge >= 0.3 is 0 Å². The second-order valence-electron chi connectivity index (χ2n) is 4.78. The highest BCUT2D eigenvalue weighted by Crippen LogP contribution is 2.31.